The number of rotatable bonds is 7. The summed E-state index contributed by atoms with van der Waals surface area (Å²) in [6.07, 6.45) is -0.487. The molecule has 1 aromatic carbocycles. The molecule has 0 aliphatic carbocycles. The number of nitrogens with one attached hydrogen (secondary N) is 2. The zero-order chi connectivity index (χ0) is 21.7. The molecular weight excluding hydrogens is 394 g/mol. The van der Waals surface area contributed by atoms with E-state index in [1.807, 2.05) is 30.3 Å². The van der Waals surface area contributed by atoms with Crippen molar-refractivity contribution < 1.29 is 24.2 Å². The molecule has 160 valence electrons. The number of nitrogens with zero attached hydrogens (tertiary/aromatic N) is 1. The number of carbonyl (C=O) groups excluding carboxylic acids is 1. The zero-order valence-electron chi connectivity index (χ0n) is 16.4. The molecule has 10 nitrogen and oxygen atoms in total. The van der Waals surface area contributed by atoms with Gasteiger partial charge in [-0.25, -0.2) is 9.59 Å². The van der Waals surface area contributed by atoms with Crippen LogP contribution in [0.4, 0.5) is 4.79 Å². The minimum Gasteiger partial charge on any atom is -0.481 e. The van der Waals surface area contributed by atoms with Crippen molar-refractivity contribution in [2.24, 2.45) is 5.92 Å². The predicted molar refractivity (Wildman–Crippen MR) is 105 cm³/mol. The lowest BCUT2D eigenvalue weighted by Gasteiger charge is -2.17. The highest BCUT2D eigenvalue weighted by Crippen LogP contribution is 2.34. The first kappa shape index (κ1) is 21.3. The van der Waals surface area contributed by atoms with Crippen molar-refractivity contribution >= 4 is 12.1 Å². The fourth-order valence-corrected chi connectivity index (χ4v) is 3.32. The molecule has 3 N–H and O–H groups in total. The number of carboxylic acid groups (broad SMARTS) is 1. The highest BCUT2D eigenvalue weighted by atomic mass is 16.5. The number of aromatic amines is 1. The molecule has 1 saturated heterocycles. The van der Waals surface area contributed by atoms with Gasteiger partial charge in [-0.05, 0) is 18.9 Å². The first-order chi connectivity index (χ1) is 14.3. The molecule has 1 aliphatic heterocycles. The summed E-state index contributed by atoms with van der Waals surface area (Å²) in [6.45, 7) is 1.82. The van der Waals surface area contributed by atoms with Crippen LogP contribution in [0, 0.1) is 12.8 Å². The Hall–Kier alpha value is -3.40. The lowest BCUT2D eigenvalue weighted by molar-refractivity contribution is -0.143. The molecule has 1 aliphatic rings. The molecule has 3 rings (SSSR count). The number of amides is 1. The quantitative estimate of drug-likeness (QED) is 0.614. The van der Waals surface area contributed by atoms with Crippen LogP contribution in [0.2, 0.25) is 0 Å². The van der Waals surface area contributed by atoms with Crippen molar-refractivity contribution in [1.29, 1.82) is 0 Å². The lowest BCUT2D eigenvalue weighted by atomic mass is 9.98. The third-order valence-corrected chi connectivity index (χ3v) is 4.92. The number of hydrogen-bond acceptors (Lipinski definition) is 6. The van der Waals surface area contributed by atoms with Gasteiger partial charge in [0.15, 0.2) is 0 Å². The summed E-state index contributed by atoms with van der Waals surface area (Å²) in [5.41, 5.74) is 0.000325. The number of ether oxygens (including phenoxy) is 2. The summed E-state index contributed by atoms with van der Waals surface area (Å²) >= 11 is 0. The molecule has 0 saturated carbocycles. The lowest BCUT2D eigenvalue weighted by Crippen LogP contribution is -2.33. The Morgan fingerprint density at radius 2 is 2.03 bits per heavy atom. The molecule has 10 heteroatoms. The Bertz CT molecular complexity index is 1020. The molecule has 30 heavy (non-hydrogen) atoms. The van der Waals surface area contributed by atoms with Gasteiger partial charge in [-0.3, -0.25) is 19.1 Å². The zero-order valence-corrected chi connectivity index (χ0v) is 16.4. The van der Waals surface area contributed by atoms with E-state index >= 15 is 0 Å². The summed E-state index contributed by atoms with van der Waals surface area (Å²) < 4.78 is 12.1. The van der Waals surface area contributed by atoms with Gasteiger partial charge in [0.25, 0.3) is 5.56 Å². The number of benzene rings is 1. The Balaban J connectivity index is 1.55. The van der Waals surface area contributed by atoms with Crippen molar-refractivity contribution in [3.63, 3.8) is 0 Å². The number of alkyl carbamates (subject to hydrolysis) is 1. The number of carbonyl (C=O) groups is 2. The predicted octanol–water partition coefficient (Wildman–Crippen LogP) is 1.15. The maximum Gasteiger partial charge on any atom is 0.407 e. The first-order valence-corrected chi connectivity index (χ1v) is 9.50. The van der Waals surface area contributed by atoms with Crippen LogP contribution in [-0.2, 0) is 20.9 Å². The van der Waals surface area contributed by atoms with Crippen LogP contribution >= 0.6 is 0 Å². The van der Waals surface area contributed by atoms with E-state index in [2.05, 4.69) is 10.3 Å². The van der Waals surface area contributed by atoms with E-state index in [0.29, 0.717) is 5.56 Å². The summed E-state index contributed by atoms with van der Waals surface area (Å²) in [4.78, 5) is 49.2. The van der Waals surface area contributed by atoms with Gasteiger partial charge in [0.1, 0.15) is 12.8 Å². The molecule has 3 atom stereocenters. The average molecular weight is 417 g/mol. The van der Waals surface area contributed by atoms with E-state index in [9.17, 15) is 24.3 Å². The molecule has 0 unspecified atom stereocenters. The molecule has 1 fully saturated rings. The van der Waals surface area contributed by atoms with E-state index < -0.39 is 41.6 Å². The summed E-state index contributed by atoms with van der Waals surface area (Å²) in [7, 11) is 0. The van der Waals surface area contributed by atoms with E-state index in [1.54, 1.807) is 6.92 Å². The van der Waals surface area contributed by atoms with Crippen molar-refractivity contribution in [2.45, 2.75) is 38.7 Å². The topological polar surface area (TPSA) is 140 Å². The maximum absolute atomic E-state index is 12.1. The number of aryl methyl sites for hydroxylation is 1. The normalized spacial score (nSPS) is 20.6. The van der Waals surface area contributed by atoms with Gasteiger partial charge in [-0.1, -0.05) is 30.3 Å². The van der Waals surface area contributed by atoms with Crippen molar-refractivity contribution in [2.75, 3.05) is 6.54 Å². The van der Waals surface area contributed by atoms with Crippen LogP contribution in [-0.4, -0.2) is 39.4 Å². The van der Waals surface area contributed by atoms with Gasteiger partial charge in [0.2, 0.25) is 0 Å². The fourth-order valence-electron chi connectivity index (χ4n) is 3.32. The standard InChI is InChI=1S/C20H23N3O7/c1-12-10-23(19(27)22-17(12)24)16-9-14(18(25)26)15(30-16)7-8-21-20(28)29-11-13-5-3-2-4-6-13/h2-6,10,14-16H,7-9,11H2,1H3,(H,21,28)(H,25,26)(H,22,24,27)/t14-,15+,16+/m0/s1. The van der Waals surface area contributed by atoms with Crippen LogP contribution in [0.1, 0.15) is 30.2 Å². The molecule has 0 radical (unpaired) electrons. The SMILES string of the molecule is Cc1cn([C@H]2C[C@H](C(=O)O)[C@@H](CCNC(=O)OCc3ccccc3)O2)c(=O)[nH]c1=O. The van der Waals surface area contributed by atoms with E-state index in [-0.39, 0.29) is 26.0 Å². The number of carboxylic acids is 1. The second-order valence-corrected chi connectivity index (χ2v) is 7.07. The Morgan fingerprint density at radius 1 is 1.30 bits per heavy atom. The van der Waals surface area contributed by atoms with Gasteiger partial charge < -0.3 is 19.9 Å². The summed E-state index contributed by atoms with van der Waals surface area (Å²) in [6, 6.07) is 9.20. The van der Waals surface area contributed by atoms with E-state index in [0.717, 1.165) is 5.56 Å². The van der Waals surface area contributed by atoms with Crippen LogP contribution in [0.5, 0.6) is 0 Å². The van der Waals surface area contributed by atoms with E-state index in [1.165, 1.54) is 10.8 Å². The monoisotopic (exact) mass is 417 g/mol. The molecule has 0 spiro atoms. The van der Waals surface area contributed by atoms with Gasteiger partial charge in [0.05, 0.1) is 12.0 Å². The van der Waals surface area contributed by atoms with Gasteiger partial charge >= 0.3 is 17.8 Å². The number of aliphatic carboxylic acids is 1. The summed E-state index contributed by atoms with van der Waals surface area (Å²) in [5, 5.41) is 12.1. The van der Waals surface area contributed by atoms with Gasteiger partial charge in [0, 0.05) is 24.7 Å². The smallest absolute Gasteiger partial charge is 0.407 e. The number of hydrogen-bond donors (Lipinski definition) is 3. The van der Waals surface area contributed by atoms with Gasteiger partial charge in [-0.2, -0.15) is 0 Å². The average Bonchev–Trinajstić information content (AvgIpc) is 3.14. The molecular formula is C20H23N3O7. The Morgan fingerprint density at radius 3 is 2.73 bits per heavy atom. The third-order valence-electron chi connectivity index (χ3n) is 4.92. The molecule has 1 amide bonds. The summed E-state index contributed by atoms with van der Waals surface area (Å²) in [5.74, 6) is -1.90. The van der Waals surface area contributed by atoms with Crippen LogP contribution in [0.25, 0.3) is 0 Å². The second kappa shape index (κ2) is 9.40. The maximum atomic E-state index is 12.1. The van der Waals surface area contributed by atoms with E-state index in [4.69, 9.17) is 9.47 Å². The van der Waals surface area contributed by atoms with Crippen LogP contribution in [0.3, 0.4) is 0 Å². The van der Waals surface area contributed by atoms with Crippen molar-refractivity contribution in [3.05, 3.63) is 68.5 Å². The third kappa shape index (κ3) is 5.15. The number of aromatic nitrogens is 2. The number of H-pyrrole nitrogens is 1. The largest absolute Gasteiger partial charge is 0.481 e. The van der Waals surface area contributed by atoms with Crippen molar-refractivity contribution in [3.8, 4) is 0 Å². The minimum absolute atomic E-state index is 0.0733. The first-order valence-electron chi connectivity index (χ1n) is 9.50. The molecule has 2 heterocycles. The molecule has 2 aromatic rings. The molecule has 0 bridgehead atoms. The van der Waals surface area contributed by atoms with Crippen molar-refractivity contribution in [1.82, 2.24) is 14.9 Å². The minimum atomic E-state index is -1.05. The van der Waals surface area contributed by atoms with Crippen LogP contribution < -0.4 is 16.6 Å². The Kier molecular flexibility index (Phi) is 6.68. The van der Waals surface area contributed by atoms with Gasteiger partial charge in [-0.15, -0.1) is 0 Å². The van der Waals surface area contributed by atoms with Crippen LogP contribution in [0.15, 0.2) is 46.1 Å². The molecule has 1 aromatic heterocycles. The fraction of sp³-hybridized carbons (Fsp3) is 0.400. The highest BCUT2D eigenvalue weighted by molar-refractivity contribution is 5.71. The second-order valence-electron chi connectivity index (χ2n) is 7.07. The highest BCUT2D eigenvalue weighted by Gasteiger charge is 2.40. The Labute approximate surface area is 171 Å².